The predicted molar refractivity (Wildman–Crippen MR) is 74.3 cm³/mol. The van der Waals surface area contributed by atoms with Gasteiger partial charge >= 0.3 is 0 Å². The Morgan fingerprint density at radius 1 is 1.27 bits per heavy atom. The molecule has 1 saturated heterocycles. The third-order valence-electron chi connectivity index (χ3n) is 3.43. The first-order valence-corrected chi connectivity index (χ1v) is 6.76. The Morgan fingerprint density at radius 3 is 2.59 bits per heavy atom. The van der Waals surface area contributed by atoms with Gasteiger partial charge in [-0.2, -0.15) is 0 Å². The van der Waals surface area contributed by atoms with Crippen molar-refractivity contribution in [1.29, 1.82) is 0 Å². The van der Waals surface area contributed by atoms with Gasteiger partial charge in [-0.3, -0.25) is 19.6 Å². The van der Waals surface area contributed by atoms with Crippen LogP contribution in [0.3, 0.4) is 0 Å². The van der Waals surface area contributed by atoms with Crippen molar-refractivity contribution in [3.8, 4) is 0 Å². The highest BCUT2D eigenvalue weighted by Gasteiger charge is 2.33. The Hall–Kier alpha value is -2.48. The number of carbonyl (C=O) groups excluding carboxylic acids is 3. The minimum atomic E-state index is -0.629. The lowest BCUT2D eigenvalue weighted by Gasteiger charge is -2.16. The van der Waals surface area contributed by atoms with Gasteiger partial charge in [0.15, 0.2) is 0 Å². The topological polar surface area (TPSA) is 98.7 Å². The van der Waals surface area contributed by atoms with Gasteiger partial charge in [0.1, 0.15) is 5.82 Å². The van der Waals surface area contributed by atoms with Crippen LogP contribution in [0.2, 0.25) is 0 Å². The van der Waals surface area contributed by atoms with E-state index < -0.39 is 23.5 Å². The average molecular weight is 309 g/mol. The number of carbonyl (C=O) groups is 3. The van der Waals surface area contributed by atoms with Crippen molar-refractivity contribution in [2.75, 3.05) is 18.4 Å². The molecule has 7 nitrogen and oxygen atoms in total. The van der Waals surface area contributed by atoms with Crippen LogP contribution in [0.4, 0.5) is 10.1 Å². The van der Waals surface area contributed by atoms with Crippen LogP contribution < -0.4 is 10.8 Å². The van der Waals surface area contributed by atoms with Crippen molar-refractivity contribution in [2.24, 2.45) is 5.92 Å². The van der Waals surface area contributed by atoms with Crippen molar-refractivity contribution in [3.05, 3.63) is 30.1 Å². The molecule has 1 aliphatic rings. The second kappa shape index (κ2) is 6.99. The highest BCUT2D eigenvalue weighted by atomic mass is 19.1. The van der Waals surface area contributed by atoms with Crippen LogP contribution in [-0.4, -0.2) is 40.9 Å². The number of nitrogens with zero attached hydrogens (tertiary/aromatic N) is 1. The normalized spacial score (nSPS) is 17.5. The Balaban J connectivity index is 1.86. The first-order valence-electron chi connectivity index (χ1n) is 6.76. The summed E-state index contributed by atoms with van der Waals surface area (Å²) in [5.74, 6) is -2.25. The van der Waals surface area contributed by atoms with Gasteiger partial charge in [-0.1, -0.05) is 0 Å². The van der Waals surface area contributed by atoms with E-state index in [1.807, 2.05) is 0 Å². The van der Waals surface area contributed by atoms with E-state index in [0.717, 1.165) is 0 Å². The first kappa shape index (κ1) is 15.9. The molecule has 1 aromatic carbocycles. The van der Waals surface area contributed by atoms with Crippen molar-refractivity contribution in [1.82, 2.24) is 10.4 Å². The summed E-state index contributed by atoms with van der Waals surface area (Å²) in [6, 6.07) is 5.29. The van der Waals surface area contributed by atoms with Crippen molar-refractivity contribution < 1.29 is 24.0 Å². The second-order valence-corrected chi connectivity index (χ2v) is 5.04. The van der Waals surface area contributed by atoms with Gasteiger partial charge in [0, 0.05) is 24.6 Å². The molecule has 2 rings (SSSR count). The van der Waals surface area contributed by atoms with Crippen LogP contribution in [0.1, 0.15) is 12.8 Å². The Bertz CT molecular complexity index is 576. The van der Waals surface area contributed by atoms with E-state index in [1.165, 1.54) is 34.6 Å². The molecule has 0 bridgehead atoms. The van der Waals surface area contributed by atoms with E-state index >= 15 is 0 Å². The molecule has 1 heterocycles. The maximum atomic E-state index is 12.8. The van der Waals surface area contributed by atoms with Crippen LogP contribution in [0, 0.1) is 11.7 Å². The predicted octanol–water partition coefficient (Wildman–Crippen LogP) is 0.508. The number of rotatable bonds is 5. The van der Waals surface area contributed by atoms with Crippen molar-refractivity contribution >= 4 is 23.4 Å². The number of nitrogens with one attached hydrogen (secondary N) is 2. The monoisotopic (exact) mass is 309 g/mol. The smallest absolute Gasteiger partial charge is 0.244 e. The molecule has 118 valence electrons. The van der Waals surface area contributed by atoms with Crippen molar-refractivity contribution in [2.45, 2.75) is 12.8 Å². The highest BCUT2D eigenvalue weighted by Crippen LogP contribution is 2.21. The molecule has 1 fully saturated rings. The average Bonchev–Trinajstić information content (AvgIpc) is 2.82. The Labute approximate surface area is 126 Å². The maximum Gasteiger partial charge on any atom is 0.244 e. The quantitative estimate of drug-likeness (QED) is 0.545. The summed E-state index contributed by atoms with van der Waals surface area (Å²) in [4.78, 5) is 36.3. The molecular formula is C14H16FN3O4. The molecule has 0 aliphatic carbocycles. The number of anilines is 1. The zero-order valence-corrected chi connectivity index (χ0v) is 11.7. The Kier molecular flexibility index (Phi) is 5.05. The van der Waals surface area contributed by atoms with E-state index in [1.54, 1.807) is 0 Å². The fraction of sp³-hybridized carbons (Fsp3) is 0.357. The highest BCUT2D eigenvalue weighted by molar-refractivity contribution is 5.95. The maximum absolute atomic E-state index is 12.8. The molecule has 0 radical (unpaired) electrons. The molecule has 1 atom stereocenters. The minimum absolute atomic E-state index is 0.106. The number of likely N-dealkylation sites (tertiary alicyclic amines) is 1. The number of hydroxylamine groups is 1. The number of halogens is 1. The summed E-state index contributed by atoms with van der Waals surface area (Å²) in [6.07, 6.45) is 0.349. The van der Waals surface area contributed by atoms with Gasteiger partial charge < -0.3 is 10.2 Å². The van der Waals surface area contributed by atoms with Gasteiger partial charge in [0.2, 0.25) is 17.7 Å². The molecule has 0 aromatic heterocycles. The zero-order chi connectivity index (χ0) is 16.1. The molecule has 1 unspecified atom stereocenters. The van der Waals surface area contributed by atoms with Crippen LogP contribution in [-0.2, 0) is 14.4 Å². The van der Waals surface area contributed by atoms with Gasteiger partial charge in [-0.15, -0.1) is 0 Å². The molecule has 3 amide bonds. The number of hydrogen-bond donors (Lipinski definition) is 3. The lowest BCUT2D eigenvalue weighted by atomic mass is 10.0. The molecule has 0 saturated carbocycles. The summed E-state index contributed by atoms with van der Waals surface area (Å²) in [6.45, 7) is 0.243. The van der Waals surface area contributed by atoms with E-state index in [-0.39, 0.29) is 18.9 Å². The lowest BCUT2D eigenvalue weighted by Crippen LogP contribution is -2.36. The standard InChI is InChI=1S/C14H16FN3O4/c15-10-1-3-11(4-2-10)16-13(20)8-18-6-5-9(14(18)21)7-12(19)17-22/h1-4,9,22H,5-8H2,(H,16,20)(H,17,19). The molecule has 1 aromatic rings. The summed E-state index contributed by atoms with van der Waals surface area (Å²) in [5.41, 5.74) is 1.92. The summed E-state index contributed by atoms with van der Waals surface area (Å²) < 4.78 is 12.8. The summed E-state index contributed by atoms with van der Waals surface area (Å²) >= 11 is 0. The van der Waals surface area contributed by atoms with Gasteiger partial charge in [0.25, 0.3) is 0 Å². The van der Waals surface area contributed by atoms with Gasteiger partial charge in [-0.05, 0) is 30.7 Å². The number of benzene rings is 1. The minimum Gasteiger partial charge on any atom is -0.333 e. The van der Waals surface area contributed by atoms with Crippen LogP contribution in [0.5, 0.6) is 0 Å². The fourth-order valence-electron chi connectivity index (χ4n) is 2.33. The molecule has 1 aliphatic heterocycles. The van der Waals surface area contributed by atoms with Crippen LogP contribution >= 0.6 is 0 Å². The zero-order valence-electron chi connectivity index (χ0n) is 11.7. The van der Waals surface area contributed by atoms with E-state index in [0.29, 0.717) is 18.7 Å². The van der Waals surface area contributed by atoms with E-state index in [9.17, 15) is 18.8 Å². The molecule has 22 heavy (non-hydrogen) atoms. The van der Waals surface area contributed by atoms with Crippen LogP contribution in [0.25, 0.3) is 0 Å². The summed E-state index contributed by atoms with van der Waals surface area (Å²) in [7, 11) is 0. The third kappa shape index (κ3) is 4.01. The fourth-order valence-corrected chi connectivity index (χ4v) is 2.33. The first-order chi connectivity index (χ1) is 10.5. The third-order valence-corrected chi connectivity index (χ3v) is 3.43. The SMILES string of the molecule is O=C(CC1CCN(CC(=O)Nc2ccc(F)cc2)C1=O)NO. The van der Waals surface area contributed by atoms with Gasteiger partial charge in [-0.25, -0.2) is 9.87 Å². The van der Waals surface area contributed by atoms with E-state index in [2.05, 4.69) is 5.32 Å². The molecule has 3 N–H and O–H groups in total. The molecular weight excluding hydrogens is 293 g/mol. The van der Waals surface area contributed by atoms with Crippen molar-refractivity contribution in [3.63, 3.8) is 0 Å². The van der Waals surface area contributed by atoms with E-state index in [4.69, 9.17) is 5.21 Å². The number of amides is 3. The lowest BCUT2D eigenvalue weighted by molar-refractivity contribution is -0.138. The molecule has 0 spiro atoms. The molecule has 8 heteroatoms. The number of hydrogen-bond acceptors (Lipinski definition) is 4. The largest absolute Gasteiger partial charge is 0.333 e. The Morgan fingerprint density at radius 2 is 1.95 bits per heavy atom. The van der Waals surface area contributed by atoms with Gasteiger partial charge in [0.05, 0.1) is 6.54 Å². The second-order valence-electron chi connectivity index (χ2n) is 5.04. The summed E-state index contributed by atoms with van der Waals surface area (Å²) in [5, 5.41) is 11.0. The van der Waals surface area contributed by atoms with Crippen LogP contribution in [0.15, 0.2) is 24.3 Å².